The van der Waals surface area contributed by atoms with Crippen molar-refractivity contribution in [1.82, 2.24) is 4.31 Å². The van der Waals surface area contributed by atoms with Crippen molar-refractivity contribution in [2.75, 3.05) is 12.0 Å². The number of anilines is 1. The molecule has 0 aliphatic carbocycles. The minimum atomic E-state index is -3.94. The van der Waals surface area contributed by atoms with Crippen molar-refractivity contribution in [2.45, 2.75) is 24.9 Å². The number of halogens is 2. The second kappa shape index (κ2) is 12.7. The van der Waals surface area contributed by atoms with Crippen LogP contribution in [0.25, 0.3) is 6.08 Å². The summed E-state index contributed by atoms with van der Waals surface area (Å²) in [6, 6.07) is 25.8. The van der Waals surface area contributed by atoms with E-state index in [1.54, 1.807) is 24.0 Å². The molecule has 2 heterocycles. The van der Waals surface area contributed by atoms with Crippen molar-refractivity contribution in [1.29, 1.82) is 0 Å². The lowest BCUT2D eigenvalue weighted by molar-refractivity contribution is -0.137. The van der Waals surface area contributed by atoms with Crippen LogP contribution in [0.3, 0.4) is 0 Å². The molecular weight excluding hydrogens is 656 g/mol. The second-order valence-electron chi connectivity index (χ2n) is 9.64. The Kier molecular flexibility index (Phi) is 9.03. The Balaban J connectivity index is 1.49. The number of allylic oxidation sites excluding steroid dienone is 2. The highest BCUT2D eigenvalue weighted by molar-refractivity contribution is 9.10. The molecule has 8 nitrogen and oxygen atoms in total. The molecule has 3 aromatic carbocycles. The molecule has 0 bridgehead atoms. The Hall–Kier alpha value is -3.96. The van der Waals surface area contributed by atoms with Gasteiger partial charge in [-0.05, 0) is 73.2 Å². The van der Waals surface area contributed by atoms with Crippen LogP contribution in [0.5, 0.6) is 0 Å². The Morgan fingerprint density at radius 1 is 0.977 bits per heavy atom. The van der Waals surface area contributed by atoms with Gasteiger partial charge in [-0.3, -0.25) is 4.79 Å². The molecule has 0 atom stereocenters. The van der Waals surface area contributed by atoms with Gasteiger partial charge >= 0.3 is 5.97 Å². The predicted octanol–water partition coefficient (Wildman–Crippen LogP) is 6.96. The van der Waals surface area contributed by atoms with Gasteiger partial charge < -0.3 is 14.1 Å². The van der Waals surface area contributed by atoms with Gasteiger partial charge in [0.05, 0.1) is 24.2 Å². The van der Waals surface area contributed by atoms with Gasteiger partial charge in [-0.15, -0.1) is 0 Å². The zero-order chi connectivity index (χ0) is 30.7. The number of esters is 1. The lowest BCUT2D eigenvalue weighted by Gasteiger charge is -2.22. The minimum Gasteiger partial charge on any atom is -0.465 e. The van der Waals surface area contributed by atoms with Crippen LogP contribution in [0.15, 0.2) is 122 Å². The Morgan fingerprint density at radius 2 is 1.65 bits per heavy atom. The third-order valence-electron chi connectivity index (χ3n) is 6.82. The lowest BCUT2D eigenvalue weighted by Crippen LogP contribution is -2.30. The summed E-state index contributed by atoms with van der Waals surface area (Å²) < 4.78 is 40.5. The van der Waals surface area contributed by atoms with Crippen LogP contribution < -0.4 is 4.90 Å². The first-order valence-corrected chi connectivity index (χ1v) is 15.7. The third-order valence-corrected chi connectivity index (χ3v) is 9.41. The molecule has 0 radical (unpaired) electrons. The first kappa shape index (κ1) is 30.5. The summed E-state index contributed by atoms with van der Waals surface area (Å²) in [5, 5.41) is 0.427. The van der Waals surface area contributed by atoms with Gasteiger partial charge in [0.25, 0.3) is 0 Å². The van der Waals surface area contributed by atoms with Crippen molar-refractivity contribution >= 4 is 61.1 Å². The van der Waals surface area contributed by atoms with Gasteiger partial charge in [0, 0.05) is 33.5 Å². The fourth-order valence-electron chi connectivity index (χ4n) is 4.72. The highest BCUT2D eigenvalue weighted by atomic mass is 79.9. The van der Waals surface area contributed by atoms with Crippen LogP contribution in [0.1, 0.15) is 24.0 Å². The standard InChI is InChI=1S/C32H26BrClN2O6S/c1-21-30(32(38)41-2)31(37)29(36(21)25-12-8-23(33)9-13-25)18-26-14-15-27(42-26)20-35(19-22-6-4-3-5-7-22)43(39,40)28-16-10-24(34)11-17-28/h3-18H,19-20H2,1-2H3/b29-18+. The molecule has 0 saturated carbocycles. The quantitative estimate of drug-likeness (QED) is 0.107. The number of ether oxygens (including phenoxy) is 1. The van der Waals surface area contributed by atoms with Crippen LogP contribution in [0.4, 0.5) is 5.69 Å². The van der Waals surface area contributed by atoms with E-state index in [4.69, 9.17) is 20.8 Å². The Morgan fingerprint density at radius 3 is 2.30 bits per heavy atom. The van der Waals surface area contributed by atoms with Crippen LogP contribution in [-0.4, -0.2) is 31.6 Å². The van der Waals surface area contributed by atoms with Crippen LogP contribution in [0, 0.1) is 0 Å². The number of carbonyl (C=O) groups excluding carboxylic acids is 2. The minimum absolute atomic E-state index is 0.0713. The fourth-order valence-corrected chi connectivity index (χ4v) is 6.50. The normalized spacial score (nSPS) is 14.7. The molecule has 0 unspecified atom stereocenters. The number of benzene rings is 3. The fraction of sp³-hybridized carbons (Fsp3) is 0.125. The SMILES string of the molecule is COC(=O)C1=C(C)N(c2ccc(Br)cc2)/C(=C/c2ccc(CN(Cc3ccccc3)S(=O)(=O)c3ccc(Cl)cc3)o2)C1=O. The summed E-state index contributed by atoms with van der Waals surface area (Å²) in [4.78, 5) is 27.7. The first-order valence-electron chi connectivity index (χ1n) is 13.1. The first-order chi connectivity index (χ1) is 20.6. The van der Waals surface area contributed by atoms with E-state index in [1.165, 1.54) is 41.8 Å². The lowest BCUT2D eigenvalue weighted by atomic mass is 10.1. The maximum Gasteiger partial charge on any atom is 0.343 e. The number of carbonyl (C=O) groups is 2. The van der Waals surface area contributed by atoms with E-state index in [9.17, 15) is 18.0 Å². The third kappa shape index (κ3) is 6.52. The molecule has 0 spiro atoms. The van der Waals surface area contributed by atoms with Crippen LogP contribution in [-0.2, 0) is 37.4 Å². The predicted molar refractivity (Wildman–Crippen MR) is 167 cm³/mol. The number of nitrogens with zero attached hydrogens (tertiary/aromatic N) is 2. The van der Waals surface area contributed by atoms with Gasteiger partial charge in [-0.25, -0.2) is 13.2 Å². The number of furan rings is 1. The van der Waals surface area contributed by atoms with Crippen molar-refractivity contribution < 1.29 is 27.2 Å². The molecule has 1 aromatic heterocycles. The maximum absolute atomic E-state index is 13.7. The van der Waals surface area contributed by atoms with Gasteiger partial charge in [0.1, 0.15) is 17.1 Å². The summed E-state index contributed by atoms with van der Waals surface area (Å²) in [5.74, 6) is -0.583. The van der Waals surface area contributed by atoms with Crippen molar-refractivity contribution in [2.24, 2.45) is 0 Å². The molecule has 4 aromatic rings. The smallest absolute Gasteiger partial charge is 0.343 e. The molecule has 0 N–H and O–H groups in total. The number of Topliss-reactive ketones (excluding diaryl/α,β-unsaturated/α-hetero) is 1. The molecule has 0 amide bonds. The summed E-state index contributed by atoms with van der Waals surface area (Å²) in [6.45, 7) is 1.70. The number of hydrogen-bond donors (Lipinski definition) is 0. The Labute approximate surface area is 263 Å². The van der Waals surface area contributed by atoms with E-state index >= 15 is 0 Å². The highest BCUT2D eigenvalue weighted by Crippen LogP contribution is 2.36. The topological polar surface area (TPSA) is 97.1 Å². The average molecular weight is 682 g/mol. The number of sulfonamides is 1. The molecule has 1 aliphatic heterocycles. The molecule has 5 rings (SSSR count). The molecular formula is C32H26BrClN2O6S. The zero-order valence-electron chi connectivity index (χ0n) is 23.2. The highest BCUT2D eigenvalue weighted by Gasteiger charge is 2.38. The van der Waals surface area contributed by atoms with Gasteiger partial charge in [0.2, 0.25) is 15.8 Å². The van der Waals surface area contributed by atoms with E-state index in [-0.39, 0.29) is 29.3 Å². The zero-order valence-corrected chi connectivity index (χ0v) is 26.3. The molecule has 11 heteroatoms. The summed E-state index contributed by atoms with van der Waals surface area (Å²) in [5.41, 5.74) is 1.99. The molecule has 1 aliphatic rings. The molecule has 0 saturated heterocycles. The van der Waals surface area contributed by atoms with Crippen molar-refractivity contribution in [3.8, 4) is 0 Å². The van der Waals surface area contributed by atoms with E-state index in [0.717, 1.165) is 10.0 Å². The van der Waals surface area contributed by atoms with E-state index < -0.39 is 21.8 Å². The summed E-state index contributed by atoms with van der Waals surface area (Å²) >= 11 is 9.41. The molecule has 43 heavy (non-hydrogen) atoms. The summed E-state index contributed by atoms with van der Waals surface area (Å²) in [6.07, 6.45) is 1.53. The monoisotopic (exact) mass is 680 g/mol. The van der Waals surface area contributed by atoms with E-state index in [1.807, 2.05) is 54.6 Å². The largest absolute Gasteiger partial charge is 0.465 e. The van der Waals surface area contributed by atoms with Crippen molar-refractivity contribution in [3.63, 3.8) is 0 Å². The van der Waals surface area contributed by atoms with Gasteiger partial charge in [-0.2, -0.15) is 4.31 Å². The number of hydrogen-bond acceptors (Lipinski definition) is 7. The summed E-state index contributed by atoms with van der Waals surface area (Å²) in [7, 11) is -2.71. The van der Waals surface area contributed by atoms with E-state index in [0.29, 0.717) is 27.9 Å². The second-order valence-corrected chi connectivity index (χ2v) is 12.9. The average Bonchev–Trinajstić information content (AvgIpc) is 3.54. The number of methoxy groups -OCH3 is 1. The Bertz CT molecular complexity index is 1830. The van der Waals surface area contributed by atoms with Crippen LogP contribution >= 0.6 is 27.5 Å². The number of rotatable bonds is 9. The molecule has 220 valence electrons. The van der Waals surface area contributed by atoms with Crippen LogP contribution in [0.2, 0.25) is 5.02 Å². The van der Waals surface area contributed by atoms with Gasteiger partial charge in [-0.1, -0.05) is 57.9 Å². The number of ketones is 1. The maximum atomic E-state index is 13.7. The van der Waals surface area contributed by atoms with E-state index in [2.05, 4.69) is 15.9 Å². The van der Waals surface area contributed by atoms with Crippen molar-refractivity contribution in [3.05, 3.63) is 135 Å². The molecule has 0 fully saturated rings. The van der Waals surface area contributed by atoms with Gasteiger partial charge in [0.15, 0.2) is 0 Å².